The fourth-order valence-corrected chi connectivity index (χ4v) is 1.78. The van der Waals surface area contributed by atoms with Crippen LogP contribution in [0.2, 0.25) is 0 Å². The standard InChI is InChI=1S/C10H19NO6/c1-3-16-10-7(11-5(2)13)9(15)8(14)6(4-12)17-10/h6-10,12,14-15H,3-4H2,1-2H3,(H,11,13)/t6?,7?,8-,9-,10-/m1/s1. The van der Waals surface area contributed by atoms with E-state index in [4.69, 9.17) is 14.6 Å². The first-order chi connectivity index (χ1) is 8.01. The summed E-state index contributed by atoms with van der Waals surface area (Å²) in [5.74, 6) is -0.364. The molecule has 1 amide bonds. The van der Waals surface area contributed by atoms with Crippen LogP contribution in [0.1, 0.15) is 13.8 Å². The monoisotopic (exact) mass is 249 g/mol. The highest BCUT2D eigenvalue weighted by Crippen LogP contribution is 2.21. The number of aliphatic hydroxyl groups excluding tert-OH is 3. The average molecular weight is 249 g/mol. The second-order valence-electron chi connectivity index (χ2n) is 3.89. The molecule has 7 heteroatoms. The molecule has 100 valence electrons. The molecule has 0 aromatic carbocycles. The van der Waals surface area contributed by atoms with Crippen molar-refractivity contribution in [3.63, 3.8) is 0 Å². The van der Waals surface area contributed by atoms with Crippen LogP contribution < -0.4 is 5.32 Å². The van der Waals surface area contributed by atoms with Crippen molar-refractivity contribution in [1.29, 1.82) is 0 Å². The lowest BCUT2D eigenvalue weighted by atomic mass is 9.97. The van der Waals surface area contributed by atoms with Crippen molar-refractivity contribution in [2.45, 2.75) is 44.5 Å². The van der Waals surface area contributed by atoms with Gasteiger partial charge in [0.25, 0.3) is 0 Å². The molecule has 1 heterocycles. The summed E-state index contributed by atoms with van der Waals surface area (Å²) < 4.78 is 10.5. The number of nitrogens with one attached hydrogen (secondary N) is 1. The minimum absolute atomic E-state index is 0.321. The number of amides is 1. The molecule has 1 rings (SSSR count). The summed E-state index contributed by atoms with van der Waals surface area (Å²) in [6, 6.07) is -0.856. The summed E-state index contributed by atoms with van der Waals surface area (Å²) >= 11 is 0. The molecule has 1 aliphatic rings. The number of carbonyl (C=O) groups is 1. The van der Waals surface area contributed by atoms with Gasteiger partial charge >= 0.3 is 0 Å². The van der Waals surface area contributed by atoms with E-state index in [9.17, 15) is 15.0 Å². The minimum atomic E-state index is -1.27. The van der Waals surface area contributed by atoms with Crippen molar-refractivity contribution < 1.29 is 29.6 Å². The molecule has 1 fully saturated rings. The fraction of sp³-hybridized carbons (Fsp3) is 0.900. The van der Waals surface area contributed by atoms with E-state index in [1.807, 2.05) is 0 Å². The number of hydrogen-bond donors (Lipinski definition) is 4. The zero-order valence-electron chi connectivity index (χ0n) is 9.87. The summed E-state index contributed by atoms with van der Waals surface area (Å²) in [7, 11) is 0. The first kappa shape index (κ1) is 14.3. The molecular weight excluding hydrogens is 230 g/mol. The van der Waals surface area contributed by atoms with E-state index < -0.39 is 37.3 Å². The van der Waals surface area contributed by atoms with E-state index in [2.05, 4.69) is 5.32 Å². The summed E-state index contributed by atoms with van der Waals surface area (Å²) in [5.41, 5.74) is 0. The van der Waals surface area contributed by atoms with Crippen LogP contribution in [0.3, 0.4) is 0 Å². The molecule has 1 aliphatic heterocycles. The van der Waals surface area contributed by atoms with E-state index in [0.29, 0.717) is 6.61 Å². The van der Waals surface area contributed by atoms with Gasteiger partial charge < -0.3 is 30.1 Å². The van der Waals surface area contributed by atoms with Gasteiger partial charge in [0.2, 0.25) is 5.91 Å². The normalized spacial score (nSPS) is 37.8. The lowest BCUT2D eigenvalue weighted by molar-refractivity contribution is -0.268. The summed E-state index contributed by atoms with van der Waals surface area (Å²) in [6.07, 6.45) is -4.33. The van der Waals surface area contributed by atoms with Crippen LogP contribution in [-0.2, 0) is 14.3 Å². The fourth-order valence-electron chi connectivity index (χ4n) is 1.78. The van der Waals surface area contributed by atoms with E-state index in [1.54, 1.807) is 6.92 Å². The molecule has 0 aliphatic carbocycles. The molecule has 0 radical (unpaired) electrons. The lowest BCUT2D eigenvalue weighted by Gasteiger charge is -2.42. The topological polar surface area (TPSA) is 108 Å². The van der Waals surface area contributed by atoms with Gasteiger partial charge in [-0.05, 0) is 6.92 Å². The maximum absolute atomic E-state index is 11.0. The highest BCUT2D eigenvalue weighted by molar-refractivity contribution is 5.73. The van der Waals surface area contributed by atoms with Crippen LogP contribution in [0.5, 0.6) is 0 Å². The third-order valence-electron chi connectivity index (χ3n) is 2.58. The zero-order chi connectivity index (χ0) is 13.0. The van der Waals surface area contributed by atoms with Crippen LogP contribution in [0, 0.1) is 0 Å². The molecule has 17 heavy (non-hydrogen) atoms. The van der Waals surface area contributed by atoms with Gasteiger partial charge in [0.15, 0.2) is 6.29 Å². The van der Waals surface area contributed by atoms with Crippen molar-refractivity contribution in [3.8, 4) is 0 Å². The van der Waals surface area contributed by atoms with Gasteiger partial charge in [-0.25, -0.2) is 0 Å². The summed E-state index contributed by atoms with van der Waals surface area (Å²) in [6.45, 7) is 2.91. The Hall–Kier alpha value is -0.730. The second-order valence-corrected chi connectivity index (χ2v) is 3.89. The Morgan fingerprint density at radius 1 is 1.41 bits per heavy atom. The van der Waals surface area contributed by atoms with Gasteiger partial charge in [-0.15, -0.1) is 0 Å². The first-order valence-electron chi connectivity index (χ1n) is 5.52. The minimum Gasteiger partial charge on any atom is -0.394 e. The van der Waals surface area contributed by atoms with Crippen molar-refractivity contribution in [3.05, 3.63) is 0 Å². The van der Waals surface area contributed by atoms with Gasteiger partial charge in [-0.1, -0.05) is 0 Å². The highest BCUT2D eigenvalue weighted by Gasteiger charge is 2.45. The smallest absolute Gasteiger partial charge is 0.217 e. The van der Waals surface area contributed by atoms with Gasteiger partial charge in [0, 0.05) is 13.5 Å². The van der Waals surface area contributed by atoms with Crippen molar-refractivity contribution in [2.75, 3.05) is 13.2 Å². The quantitative estimate of drug-likeness (QED) is 0.457. The van der Waals surface area contributed by atoms with Crippen LogP contribution in [-0.4, -0.2) is 65.1 Å². The Bertz CT molecular complexity index is 261. The molecule has 7 nitrogen and oxygen atoms in total. The van der Waals surface area contributed by atoms with Gasteiger partial charge in [0.1, 0.15) is 24.4 Å². The molecule has 0 aromatic heterocycles. The predicted octanol–water partition coefficient (Wildman–Crippen LogP) is -2.03. The summed E-state index contributed by atoms with van der Waals surface area (Å²) in [4.78, 5) is 11.0. The maximum Gasteiger partial charge on any atom is 0.217 e. The number of ether oxygens (including phenoxy) is 2. The Morgan fingerprint density at radius 2 is 2.06 bits per heavy atom. The number of rotatable bonds is 4. The summed E-state index contributed by atoms with van der Waals surface area (Å²) in [5, 5.41) is 31.0. The van der Waals surface area contributed by atoms with Crippen molar-refractivity contribution in [1.82, 2.24) is 5.32 Å². The molecule has 0 bridgehead atoms. The molecule has 0 aromatic rings. The van der Waals surface area contributed by atoms with E-state index >= 15 is 0 Å². The van der Waals surface area contributed by atoms with Gasteiger partial charge in [-0.2, -0.15) is 0 Å². The highest BCUT2D eigenvalue weighted by atomic mass is 16.7. The number of hydrogen-bond acceptors (Lipinski definition) is 6. The van der Waals surface area contributed by atoms with Crippen LogP contribution >= 0.6 is 0 Å². The van der Waals surface area contributed by atoms with E-state index in [1.165, 1.54) is 6.92 Å². The molecule has 5 atom stereocenters. The van der Waals surface area contributed by atoms with Crippen molar-refractivity contribution in [2.24, 2.45) is 0 Å². The molecule has 4 N–H and O–H groups in total. The van der Waals surface area contributed by atoms with E-state index in [0.717, 1.165) is 0 Å². The van der Waals surface area contributed by atoms with Gasteiger partial charge in [0.05, 0.1) is 6.61 Å². The van der Waals surface area contributed by atoms with Crippen LogP contribution in [0.25, 0.3) is 0 Å². The van der Waals surface area contributed by atoms with Crippen LogP contribution in [0.15, 0.2) is 0 Å². The lowest BCUT2D eigenvalue weighted by Crippen LogP contribution is -2.64. The average Bonchev–Trinajstić information content (AvgIpc) is 2.28. The Labute approximate surface area is 99.3 Å². The molecule has 1 saturated heterocycles. The van der Waals surface area contributed by atoms with Gasteiger partial charge in [-0.3, -0.25) is 4.79 Å². The number of aliphatic hydroxyl groups is 3. The Kier molecular flexibility index (Phi) is 5.29. The predicted molar refractivity (Wildman–Crippen MR) is 57.0 cm³/mol. The Morgan fingerprint density at radius 3 is 2.53 bits per heavy atom. The Balaban J connectivity index is 2.78. The molecule has 2 unspecified atom stereocenters. The SMILES string of the molecule is CCO[C@@H]1OC(CO)[C@@H](O)[C@H](O)C1NC(C)=O. The first-order valence-corrected chi connectivity index (χ1v) is 5.52. The molecule has 0 saturated carbocycles. The maximum atomic E-state index is 11.0. The third-order valence-corrected chi connectivity index (χ3v) is 2.58. The van der Waals surface area contributed by atoms with E-state index in [-0.39, 0.29) is 5.91 Å². The zero-order valence-corrected chi connectivity index (χ0v) is 9.87. The molecular formula is C10H19NO6. The molecule has 0 spiro atoms. The largest absolute Gasteiger partial charge is 0.394 e. The number of carbonyl (C=O) groups excluding carboxylic acids is 1. The van der Waals surface area contributed by atoms with Crippen molar-refractivity contribution >= 4 is 5.91 Å². The third kappa shape index (κ3) is 3.36. The second kappa shape index (κ2) is 6.27. The van der Waals surface area contributed by atoms with Crippen LogP contribution in [0.4, 0.5) is 0 Å².